The van der Waals surface area contributed by atoms with Crippen LogP contribution in [0.1, 0.15) is 0 Å². The van der Waals surface area contributed by atoms with Gasteiger partial charge in [-0.15, -0.1) is 15.3 Å². The lowest BCUT2D eigenvalue weighted by Gasteiger charge is -2.26. The molecule has 1 aromatic heterocycles. The lowest BCUT2D eigenvalue weighted by atomic mass is 10.3. The van der Waals surface area contributed by atoms with Crippen molar-refractivity contribution in [1.29, 1.82) is 0 Å². The van der Waals surface area contributed by atoms with E-state index >= 15 is 0 Å². The number of carbonyl (C=O) groups is 1. The highest BCUT2D eigenvalue weighted by Gasteiger charge is 2.14. The lowest BCUT2D eigenvalue weighted by Crippen LogP contribution is -2.36. The van der Waals surface area contributed by atoms with Crippen LogP contribution in [0.3, 0.4) is 0 Å². The zero-order valence-corrected chi connectivity index (χ0v) is 16.3. The number of nitrogens with one attached hydrogen (secondary N) is 1. The van der Waals surface area contributed by atoms with Crippen LogP contribution in [0.15, 0.2) is 59.2 Å². The molecule has 2 heterocycles. The summed E-state index contributed by atoms with van der Waals surface area (Å²) < 4.78 is 11.0. The quantitative estimate of drug-likeness (QED) is 0.440. The highest BCUT2D eigenvalue weighted by atomic mass is 16.8. The number of amides is 1. The number of hydrogen-bond acceptors (Lipinski definition) is 10. The number of ether oxygens (including phenoxy) is 2. The number of nitrogen functional groups attached to an aromatic ring is 1. The molecule has 5 N–H and O–H groups in total. The van der Waals surface area contributed by atoms with Crippen LogP contribution in [0.5, 0.6) is 5.75 Å². The topological polar surface area (TPSA) is 150 Å². The Morgan fingerprint density at radius 1 is 1.20 bits per heavy atom. The van der Waals surface area contributed by atoms with Crippen molar-refractivity contribution in [3.63, 3.8) is 0 Å². The first-order valence-electron chi connectivity index (χ1n) is 9.20. The smallest absolute Gasteiger partial charge is 0.297 e. The van der Waals surface area contributed by atoms with Crippen molar-refractivity contribution in [3.8, 4) is 5.75 Å². The van der Waals surface area contributed by atoms with Gasteiger partial charge in [-0.1, -0.05) is 12.1 Å². The van der Waals surface area contributed by atoms with E-state index in [0.717, 1.165) is 0 Å². The summed E-state index contributed by atoms with van der Waals surface area (Å²) in [5.41, 5.74) is 11.9. The minimum atomic E-state index is -0.373. The molecule has 0 bridgehead atoms. The fourth-order valence-electron chi connectivity index (χ4n) is 2.47. The Labute approximate surface area is 173 Å². The second-order valence-corrected chi connectivity index (χ2v) is 6.13. The van der Waals surface area contributed by atoms with Gasteiger partial charge < -0.3 is 31.1 Å². The van der Waals surface area contributed by atoms with Gasteiger partial charge in [0.15, 0.2) is 11.6 Å². The number of aromatic nitrogens is 1. The molecule has 11 heteroatoms. The maximum Gasteiger partial charge on any atom is 0.297 e. The molecule has 0 atom stereocenters. The van der Waals surface area contributed by atoms with E-state index in [1.165, 1.54) is 0 Å². The predicted octanol–water partition coefficient (Wildman–Crippen LogP) is 2.09. The molecule has 0 aliphatic carbocycles. The number of nitrogens with two attached hydrogens (primary N) is 2. The van der Waals surface area contributed by atoms with Crippen LogP contribution in [0.2, 0.25) is 0 Å². The van der Waals surface area contributed by atoms with Gasteiger partial charge in [0.25, 0.3) is 5.95 Å². The van der Waals surface area contributed by atoms with Crippen LogP contribution < -0.4 is 21.5 Å². The number of anilines is 2. The van der Waals surface area contributed by atoms with Crippen LogP contribution in [-0.4, -0.2) is 48.8 Å². The predicted molar refractivity (Wildman–Crippen MR) is 110 cm³/mol. The summed E-state index contributed by atoms with van der Waals surface area (Å²) in [6.07, 6.45) is 0. The third-order valence-electron chi connectivity index (χ3n) is 3.91. The number of hydrogen-bond donors (Lipinski definition) is 3. The zero-order chi connectivity index (χ0) is 21.3. The summed E-state index contributed by atoms with van der Waals surface area (Å²) in [7, 11) is 0. The van der Waals surface area contributed by atoms with Gasteiger partial charge in [0.1, 0.15) is 17.2 Å². The molecule has 1 fully saturated rings. The van der Waals surface area contributed by atoms with Crippen molar-refractivity contribution in [3.05, 3.63) is 48.9 Å². The molecule has 1 saturated heterocycles. The Bertz CT molecular complexity index is 929. The summed E-state index contributed by atoms with van der Waals surface area (Å²) in [5, 5.41) is 12.5. The second-order valence-electron chi connectivity index (χ2n) is 6.13. The maximum absolute atomic E-state index is 11.3. The molecular formula is C19H23N7O4. The third-order valence-corrected chi connectivity index (χ3v) is 3.91. The average molecular weight is 413 g/mol. The van der Waals surface area contributed by atoms with E-state index in [-0.39, 0.29) is 30.0 Å². The average Bonchev–Trinajstić information content (AvgIpc) is 2.74. The Hall–Kier alpha value is -3.54. The van der Waals surface area contributed by atoms with Gasteiger partial charge in [-0.3, -0.25) is 4.79 Å². The maximum atomic E-state index is 11.3. The van der Waals surface area contributed by atoms with Gasteiger partial charge in [0.05, 0.1) is 32.8 Å². The molecule has 30 heavy (non-hydrogen) atoms. The molecular weight excluding hydrogens is 390 g/mol. The number of azo groups is 1. The van der Waals surface area contributed by atoms with E-state index in [0.29, 0.717) is 43.4 Å². The van der Waals surface area contributed by atoms with Crippen LogP contribution in [0, 0.1) is 0 Å². The first-order chi connectivity index (χ1) is 14.5. The third kappa shape index (κ3) is 5.98. The van der Waals surface area contributed by atoms with E-state index in [1.807, 2.05) is 0 Å². The molecule has 3 rings (SSSR count). The number of carbonyl (C=O) groups excluding carboxylic acids is 1. The van der Waals surface area contributed by atoms with Gasteiger partial charge in [-0.05, 0) is 30.8 Å². The summed E-state index contributed by atoms with van der Waals surface area (Å²) in [5.74, 6) is 0.537. The SMILES string of the molecule is C=C(Oc1ccccc1N=Nc1ccc(NC(=O)CN)nc1N)ON1CCOCC1. The van der Waals surface area contributed by atoms with Gasteiger partial charge in [-0.25, -0.2) is 4.98 Å². The standard InChI is InChI=1S/C19H23N7O4/c1-13(30-26-8-10-28-11-9-26)29-16-5-3-2-4-14(16)24-25-15-6-7-17(23-19(15)21)22-18(27)12-20/h2-7H,1,8-12,20H2,(H3,21,22,23,27). The molecule has 0 unspecified atom stereocenters. The first kappa shape index (κ1) is 21.2. The van der Waals surface area contributed by atoms with E-state index in [2.05, 4.69) is 27.1 Å². The monoisotopic (exact) mass is 413 g/mol. The molecule has 2 aromatic rings. The number of morpholine rings is 1. The van der Waals surface area contributed by atoms with Crippen LogP contribution >= 0.6 is 0 Å². The molecule has 11 nitrogen and oxygen atoms in total. The number of hydroxylamine groups is 2. The number of benzene rings is 1. The number of para-hydroxylation sites is 1. The Kier molecular flexibility index (Phi) is 7.27. The minimum absolute atomic E-state index is 0.104. The molecule has 1 aliphatic rings. The van der Waals surface area contributed by atoms with Gasteiger partial charge in [-0.2, -0.15) is 0 Å². The molecule has 1 aliphatic heterocycles. The second kappa shape index (κ2) is 10.3. The van der Waals surface area contributed by atoms with Crippen molar-refractivity contribution in [1.82, 2.24) is 10.0 Å². The van der Waals surface area contributed by atoms with E-state index < -0.39 is 0 Å². The summed E-state index contributed by atoms with van der Waals surface area (Å²) in [4.78, 5) is 21.0. The fourth-order valence-corrected chi connectivity index (χ4v) is 2.47. The Morgan fingerprint density at radius 2 is 1.93 bits per heavy atom. The number of nitrogens with zero attached hydrogens (tertiary/aromatic N) is 4. The summed E-state index contributed by atoms with van der Waals surface area (Å²) in [6.45, 7) is 6.05. The normalized spacial score (nSPS) is 14.4. The molecule has 0 radical (unpaired) electrons. The minimum Gasteiger partial charge on any atom is -0.423 e. The molecule has 158 valence electrons. The van der Waals surface area contributed by atoms with Gasteiger partial charge in [0.2, 0.25) is 5.91 Å². The van der Waals surface area contributed by atoms with Crippen LogP contribution in [0.4, 0.5) is 23.0 Å². The van der Waals surface area contributed by atoms with Gasteiger partial charge >= 0.3 is 0 Å². The van der Waals surface area contributed by atoms with Crippen molar-refractivity contribution in [2.24, 2.45) is 16.0 Å². The van der Waals surface area contributed by atoms with Crippen molar-refractivity contribution < 1.29 is 19.1 Å². The molecule has 0 spiro atoms. The molecule has 1 aromatic carbocycles. The van der Waals surface area contributed by atoms with Crippen LogP contribution in [0.25, 0.3) is 0 Å². The number of rotatable bonds is 8. The van der Waals surface area contributed by atoms with Crippen molar-refractivity contribution >= 4 is 28.9 Å². The Morgan fingerprint density at radius 3 is 2.67 bits per heavy atom. The summed E-state index contributed by atoms with van der Waals surface area (Å²) >= 11 is 0. The van der Waals surface area contributed by atoms with Crippen LogP contribution in [-0.2, 0) is 14.4 Å². The Balaban J connectivity index is 1.67. The lowest BCUT2D eigenvalue weighted by molar-refractivity contribution is -0.185. The highest BCUT2D eigenvalue weighted by Crippen LogP contribution is 2.31. The van der Waals surface area contributed by atoms with Crippen molar-refractivity contribution in [2.75, 3.05) is 43.9 Å². The first-order valence-corrected chi connectivity index (χ1v) is 9.20. The van der Waals surface area contributed by atoms with E-state index in [1.54, 1.807) is 41.5 Å². The highest BCUT2D eigenvalue weighted by molar-refractivity contribution is 5.91. The van der Waals surface area contributed by atoms with Crippen molar-refractivity contribution in [2.45, 2.75) is 0 Å². The zero-order valence-electron chi connectivity index (χ0n) is 16.3. The van der Waals surface area contributed by atoms with Gasteiger partial charge in [0, 0.05) is 0 Å². The largest absolute Gasteiger partial charge is 0.423 e. The summed E-state index contributed by atoms with van der Waals surface area (Å²) in [6, 6.07) is 10.2. The van der Waals surface area contributed by atoms with E-state index in [4.69, 9.17) is 25.8 Å². The fraction of sp³-hybridized carbons (Fsp3) is 0.263. The van der Waals surface area contributed by atoms with E-state index in [9.17, 15) is 4.79 Å². The molecule has 0 saturated carbocycles. The number of pyridine rings is 1. The molecule has 1 amide bonds.